The van der Waals surface area contributed by atoms with Gasteiger partial charge in [-0.05, 0) is 41.5 Å². The van der Waals surface area contributed by atoms with Gasteiger partial charge in [0.05, 0.1) is 15.6 Å². The van der Waals surface area contributed by atoms with Crippen molar-refractivity contribution in [2.75, 3.05) is 13.2 Å². The number of ether oxygens (including phenoxy) is 2. The lowest BCUT2D eigenvalue weighted by molar-refractivity contribution is -0.153. The van der Waals surface area contributed by atoms with Crippen LogP contribution in [0.2, 0.25) is 0 Å². The van der Waals surface area contributed by atoms with Crippen LogP contribution in [0.1, 0.15) is 41.5 Å². The third-order valence-corrected chi connectivity index (χ3v) is 7.34. The van der Waals surface area contributed by atoms with Crippen LogP contribution in [0.25, 0.3) is 0 Å². The maximum absolute atomic E-state index is 12.5. The van der Waals surface area contributed by atoms with E-state index in [1.54, 1.807) is 0 Å². The Kier molecular flexibility index (Phi) is 10.2. The summed E-state index contributed by atoms with van der Waals surface area (Å²) in [7, 11) is -7.43. The molecule has 0 saturated carbocycles. The number of alkyl halides is 6. The maximum atomic E-state index is 12.5. The van der Waals surface area contributed by atoms with Gasteiger partial charge in [-0.25, -0.2) is 0 Å². The van der Waals surface area contributed by atoms with Gasteiger partial charge in [-0.2, -0.15) is 26.3 Å². The molecule has 0 bridgehead atoms. The first-order chi connectivity index (χ1) is 13.9. The van der Waals surface area contributed by atoms with Crippen LogP contribution in [0.5, 0.6) is 11.5 Å². The summed E-state index contributed by atoms with van der Waals surface area (Å²) in [5, 5.41) is 0.261. The SMILES string of the molecule is CC(C)(C)[PH+](c1cc(OCC(F)(F)F)cc(OCC(F)(F)F)c1)C(C)(C)C.F[B-](F)(F)F. The van der Waals surface area contributed by atoms with Gasteiger partial charge >= 0.3 is 19.6 Å². The zero-order valence-corrected chi connectivity index (χ0v) is 19.3. The summed E-state index contributed by atoms with van der Waals surface area (Å²) in [6.45, 7) is 8.98. The second-order valence-electron chi connectivity index (χ2n) is 8.87. The van der Waals surface area contributed by atoms with Crippen LogP contribution in [0.3, 0.4) is 0 Å². The molecule has 0 atom stereocenters. The Morgan fingerprint density at radius 3 is 1.16 bits per heavy atom. The molecular weight excluding hydrogens is 480 g/mol. The first-order valence-electron chi connectivity index (χ1n) is 9.18. The minimum absolute atomic E-state index is 0.155. The maximum Gasteiger partial charge on any atom is 0.673 e. The molecule has 0 fully saturated rings. The van der Waals surface area contributed by atoms with Crippen LogP contribution in [0, 0.1) is 0 Å². The highest BCUT2D eigenvalue weighted by molar-refractivity contribution is 7.68. The number of hydrogen-bond acceptors (Lipinski definition) is 2. The molecule has 0 unspecified atom stereocenters. The standard InChI is InChI=1S/C18H25F6O2P.BF4/c1-15(2,3)27(16(4,5)6)14-8-12(25-10-17(19,20)21)7-13(9-14)26-11-18(22,23)24;2-1(3,4)5/h7-9H,10-11H2,1-6H3;/q;-1/p+1. The Labute approximate surface area is 181 Å². The van der Waals surface area contributed by atoms with Crippen molar-refractivity contribution in [3.8, 4) is 11.5 Å². The minimum Gasteiger partial charge on any atom is -0.484 e. The highest BCUT2D eigenvalue weighted by atomic mass is 31.1. The van der Waals surface area contributed by atoms with Gasteiger partial charge in [0.2, 0.25) is 0 Å². The van der Waals surface area contributed by atoms with E-state index in [1.807, 2.05) is 41.5 Å². The van der Waals surface area contributed by atoms with E-state index in [4.69, 9.17) is 9.47 Å². The quantitative estimate of drug-likeness (QED) is 0.237. The molecule has 0 radical (unpaired) electrons. The van der Waals surface area contributed by atoms with Crippen molar-refractivity contribution in [1.82, 2.24) is 0 Å². The summed E-state index contributed by atoms with van der Waals surface area (Å²) in [6.07, 6.45) is -9.10. The summed E-state index contributed by atoms with van der Waals surface area (Å²) < 4.78 is 123. The molecule has 0 amide bonds. The fraction of sp³-hybridized carbons (Fsp3) is 0.667. The summed E-state index contributed by atoms with van der Waals surface area (Å²) >= 11 is 0. The monoisotopic (exact) mass is 506 g/mol. The summed E-state index contributed by atoms with van der Waals surface area (Å²) in [6, 6.07) is 4.03. The number of halogens is 10. The average molecular weight is 506 g/mol. The topological polar surface area (TPSA) is 18.5 Å². The van der Waals surface area contributed by atoms with Gasteiger partial charge in [0.15, 0.2) is 13.2 Å². The van der Waals surface area contributed by atoms with E-state index in [-0.39, 0.29) is 21.8 Å². The van der Waals surface area contributed by atoms with Crippen molar-refractivity contribution in [1.29, 1.82) is 0 Å². The van der Waals surface area contributed by atoms with Gasteiger partial charge < -0.3 is 26.7 Å². The largest absolute Gasteiger partial charge is 0.673 e. The molecule has 0 aliphatic carbocycles. The lowest BCUT2D eigenvalue weighted by Crippen LogP contribution is -2.31. The Balaban J connectivity index is 0.00000172. The Morgan fingerprint density at radius 2 is 0.938 bits per heavy atom. The second kappa shape index (κ2) is 10.7. The summed E-state index contributed by atoms with van der Waals surface area (Å²) in [5.74, 6) is -0.309. The average Bonchev–Trinajstić information content (AvgIpc) is 2.45. The van der Waals surface area contributed by atoms with Gasteiger partial charge in [0, 0.05) is 26.1 Å². The predicted octanol–water partition coefficient (Wildman–Crippen LogP) is 7.31. The fourth-order valence-electron chi connectivity index (χ4n) is 3.20. The molecule has 1 rings (SSSR count). The molecule has 1 aromatic rings. The number of hydrogen-bond donors (Lipinski definition) is 0. The van der Waals surface area contributed by atoms with Crippen LogP contribution in [0.4, 0.5) is 43.6 Å². The highest BCUT2D eigenvalue weighted by Gasteiger charge is 2.44. The molecule has 32 heavy (non-hydrogen) atoms. The van der Waals surface area contributed by atoms with Crippen molar-refractivity contribution < 1.29 is 53.1 Å². The van der Waals surface area contributed by atoms with Crippen LogP contribution < -0.4 is 14.8 Å². The Hall–Kier alpha value is -1.39. The van der Waals surface area contributed by atoms with Crippen molar-refractivity contribution in [2.45, 2.75) is 64.2 Å². The number of benzene rings is 1. The first kappa shape index (κ1) is 30.6. The summed E-state index contributed by atoms with van der Waals surface area (Å²) in [5.41, 5.74) is 0. The zero-order chi connectivity index (χ0) is 25.8. The van der Waals surface area contributed by atoms with Crippen LogP contribution >= 0.6 is 7.92 Å². The first-order valence-corrected chi connectivity index (χ1v) is 10.7. The molecule has 0 aliphatic rings. The lowest BCUT2D eigenvalue weighted by Gasteiger charge is -2.34. The molecule has 0 spiro atoms. The third kappa shape index (κ3) is 14.6. The van der Waals surface area contributed by atoms with Crippen LogP contribution in [-0.2, 0) is 0 Å². The summed E-state index contributed by atoms with van der Waals surface area (Å²) in [4.78, 5) is 0. The van der Waals surface area contributed by atoms with Gasteiger partial charge in [0.25, 0.3) is 0 Å². The lowest BCUT2D eigenvalue weighted by atomic mass is 10.2. The molecule has 2 nitrogen and oxygen atoms in total. The predicted molar refractivity (Wildman–Crippen MR) is 107 cm³/mol. The molecule has 0 N–H and O–H groups in total. The van der Waals surface area contributed by atoms with Gasteiger partial charge in [0.1, 0.15) is 11.5 Å². The molecule has 0 saturated heterocycles. The van der Waals surface area contributed by atoms with Crippen LogP contribution in [-0.4, -0.2) is 43.1 Å². The van der Waals surface area contributed by atoms with E-state index in [9.17, 15) is 43.6 Å². The smallest absolute Gasteiger partial charge is 0.484 e. The Bertz CT molecular complexity index is 663. The highest BCUT2D eigenvalue weighted by Crippen LogP contribution is 2.58. The zero-order valence-electron chi connectivity index (χ0n) is 18.3. The van der Waals surface area contributed by atoms with E-state index in [1.165, 1.54) is 12.1 Å². The molecule has 0 aromatic heterocycles. The fourth-order valence-corrected chi connectivity index (χ4v) is 7.76. The van der Waals surface area contributed by atoms with Gasteiger partial charge in [-0.15, -0.1) is 0 Å². The molecule has 188 valence electrons. The van der Waals surface area contributed by atoms with E-state index in [0.29, 0.717) is 5.30 Å². The molecule has 0 heterocycles. The minimum atomic E-state index is -6.00. The number of rotatable bonds is 5. The van der Waals surface area contributed by atoms with Crippen LogP contribution in [0.15, 0.2) is 18.2 Å². The van der Waals surface area contributed by atoms with Gasteiger partial charge in [-0.3, -0.25) is 0 Å². The second-order valence-corrected chi connectivity index (χ2v) is 13.2. The molecule has 0 aliphatic heterocycles. The van der Waals surface area contributed by atoms with E-state index < -0.39 is 40.7 Å². The normalized spacial score (nSPS) is 13.5. The van der Waals surface area contributed by atoms with Crippen molar-refractivity contribution in [3.05, 3.63) is 18.2 Å². The van der Waals surface area contributed by atoms with Crippen molar-refractivity contribution >= 4 is 20.5 Å². The van der Waals surface area contributed by atoms with E-state index in [2.05, 4.69) is 0 Å². The molecule has 14 heteroatoms. The molecular formula is C18H26BF10O2P. The van der Waals surface area contributed by atoms with Gasteiger partial charge in [-0.1, -0.05) is 0 Å². The van der Waals surface area contributed by atoms with E-state index in [0.717, 1.165) is 6.07 Å². The Morgan fingerprint density at radius 1 is 0.656 bits per heavy atom. The van der Waals surface area contributed by atoms with Crippen molar-refractivity contribution in [2.24, 2.45) is 0 Å². The molecule has 1 aromatic carbocycles. The van der Waals surface area contributed by atoms with E-state index >= 15 is 0 Å². The van der Waals surface area contributed by atoms with Crippen molar-refractivity contribution in [3.63, 3.8) is 0 Å². The third-order valence-electron chi connectivity index (χ3n) is 3.47.